The molecule has 3 fully saturated rings. The first-order chi connectivity index (χ1) is 13.0. The fourth-order valence-corrected chi connectivity index (χ4v) is 6.55. The molecule has 1 aliphatic carbocycles. The Bertz CT molecular complexity index is 659. The molecule has 1 aromatic heterocycles. The number of piperidine rings is 1. The molecule has 0 radical (unpaired) electrons. The van der Waals surface area contributed by atoms with E-state index in [9.17, 15) is 0 Å². The molecule has 1 aromatic rings. The summed E-state index contributed by atoms with van der Waals surface area (Å²) in [6, 6.07) is 5.41. The smallest absolute Gasteiger partial charge is 0.191 e. The van der Waals surface area contributed by atoms with Gasteiger partial charge in [-0.3, -0.25) is 9.89 Å². The maximum Gasteiger partial charge on any atom is 0.191 e. The standard InChI is InChI=1S/C21H34N4OS/c1-21(2)18(15-9-11-26-19(15)21)24-20(22-3)23-13-14-7-5-10-25(4)17(14)16-8-6-12-27-16/h6,8,12,14-15,17-19H,5,7,9-11,13H2,1-4H3,(H2,22,23,24). The van der Waals surface area contributed by atoms with Gasteiger partial charge >= 0.3 is 0 Å². The summed E-state index contributed by atoms with van der Waals surface area (Å²) >= 11 is 1.88. The minimum absolute atomic E-state index is 0.170. The molecule has 0 amide bonds. The van der Waals surface area contributed by atoms with Gasteiger partial charge in [-0.05, 0) is 50.2 Å². The Morgan fingerprint density at radius 3 is 3.00 bits per heavy atom. The third-order valence-corrected chi connectivity index (χ3v) is 7.93. The highest BCUT2D eigenvalue weighted by molar-refractivity contribution is 7.10. The summed E-state index contributed by atoms with van der Waals surface area (Å²) < 4.78 is 5.93. The number of rotatable bonds is 4. The second kappa shape index (κ2) is 7.72. The summed E-state index contributed by atoms with van der Waals surface area (Å²) in [5, 5.41) is 9.55. The zero-order valence-corrected chi connectivity index (χ0v) is 17.9. The van der Waals surface area contributed by atoms with E-state index in [1.54, 1.807) is 0 Å². The number of nitrogens with one attached hydrogen (secondary N) is 2. The zero-order chi connectivity index (χ0) is 19.0. The van der Waals surface area contributed by atoms with E-state index in [1.165, 1.54) is 24.3 Å². The monoisotopic (exact) mass is 390 g/mol. The molecule has 0 bridgehead atoms. The maximum absolute atomic E-state index is 5.93. The molecule has 2 aliphatic heterocycles. The number of fused-ring (bicyclic) bond motifs is 1. The first kappa shape index (κ1) is 19.2. The fourth-order valence-electron chi connectivity index (χ4n) is 5.57. The number of hydrogen-bond acceptors (Lipinski definition) is 4. The van der Waals surface area contributed by atoms with Gasteiger partial charge in [0.15, 0.2) is 5.96 Å². The van der Waals surface area contributed by atoms with Crippen LogP contribution < -0.4 is 10.6 Å². The SMILES string of the molecule is CN=C(NCC1CCCN(C)C1c1cccs1)NC1C2CCOC2C1(C)C. The van der Waals surface area contributed by atoms with Crippen molar-refractivity contribution >= 4 is 17.3 Å². The van der Waals surface area contributed by atoms with Crippen LogP contribution in [0.1, 0.15) is 44.0 Å². The van der Waals surface area contributed by atoms with Crippen LogP contribution >= 0.6 is 11.3 Å². The molecule has 3 heterocycles. The Kier molecular flexibility index (Phi) is 5.50. The Balaban J connectivity index is 1.38. The van der Waals surface area contributed by atoms with Gasteiger partial charge in [0.1, 0.15) is 0 Å². The molecule has 150 valence electrons. The highest BCUT2D eigenvalue weighted by atomic mass is 32.1. The van der Waals surface area contributed by atoms with Gasteiger partial charge < -0.3 is 15.4 Å². The van der Waals surface area contributed by atoms with Crippen LogP contribution in [0.4, 0.5) is 0 Å². The number of likely N-dealkylation sites (tertiary alicyclic amines) is 1. The molecular weight excluding hydrogens is 356 g/mol. The molecule has 5 atom stereocenters. The first-order valence-electron chi connectivity index (χ1n) is 10.3. The topological polar surface area (TPSA) is 48.9 Å². The molecule has 1 saturated carbocycles. The highest BCUT2D eigenvalue weighted by Gasteiger charge is 2.59. The second-order valence-electron chi connectivity index (χ2n) is 8.98. The van der Waals surface area contributed by atoms with Crippen LogP contribution in [-0.2, 0) is 4.74 Å². The molecular formula is C21H34N4OS. The predicted molar refractivity (Wildman–Crippen MR) is 112 cm³/mol. The van der Waals surface area contributed by atoms with Gasteiger partial charge in [0, 0.05) is 48.5 Å². The van der Waals surface area contributed by atoms with E-state index < -0.39 is 0 Å². The van der Waals surface area contributed by atoms with E-state index in [1.807, 2.05) is 18.4 Å². The minimum Gasteiger partial charge on any atom is -0.377 e. The predicted octanol–water partition coefficient (Wildman–Crippen LogP) is 3.11. The van der Waals surface area contributed by atoms with Crippen molar-refractivity contribution in [1.82, 2.24) is 15.5 Å². The molecule has 0 aromatic carbocycles. The Labute approximate surface area is 167 Å². The lowest BCUT2D eigenvalue weighted by Gasteiger charge is -2.55. The van der Waals surface area contributed by atoms with E-state index in [2.05, 4.69) is 58.9 Å². The largest absolute Gasteiger partial charge is 0.377 e. The van der Waals surface area contributed by atoms with E-state index >= 15 is 0 Å². The molecule has 2 saturated heterocycles. The Morgan fingerprint density at radius 2 is 2.26 bits per heavy atom. The lowest BCUT2D eigenvalue weighted by Crippen LogP contribution is -2.68. The summed E-state index contributed by atoms with van der Waals surface area (Å²) in [6.45, 7) is 7.68. The number of thiophene rings is 1. The van der Waals surface area contributed by atoms with Crippen LogP contribution in [0, 0.1) is 17.3 Å². The van der Waals surface area contributed by atoms with Crippen LogP contribution in [-0.4, -0.2) is 56.8 Å². The first-order valence-corrected chi connectivity index (χ1v) is 11.2. The van der Waals surface area contributed by atoms with Crippen LogP contribution in [0.15, 0.2) is 22.5 Å². The molecule has 0 spiro atoms. The number of hydrogen-bond donors (Lipinski definition) is 2. The average molecular weight is 391 g/mol. The van der Waals surface area contributed by atoms with E-state index in [0.29, 0.717) is 30.0 Å². The normalized spacial score (nSPS) is 36.1. The van der Waals surface area contributed by atoms with Gasteiger partial charge in [0.2, 0.25) is 0 Å². The van der Waals surface area contributed by atoms with Crippen molar-refractivity contribution in [2.45, 2.75) is 51.3 Å². The van der Waals surface area contributed by atoms with Crippen LogP contribution in [0.25, 0.3) is 0 Å². The number of nitrogens with zero attached hydrogens (tertiary/aromatic N) is 2. The van der Waals surface area contributed by atoms with Crippen molar-refractivity contribution < 1.29 is 4.74 Å². The number of guanidine groups is 1. The molecule has 5 nitrogen and oxygen atoms in total. The summed E-state index contributed by atoms with van der Waals surface area (Å²) in [5.41, 5.74) is 0.170. The van der Waals surface area contributed by atoms with Crippen molar-refractivity contribution in [3.8, 4) is 0 Å². The third-order valence-electron chi connectivity index (χ3n) is 6.99. The number of aliphatic imine (C=N–C) groups is 1. The molecule has 3 aliphatic rings. The zero-order valence-electron chi connectivity index (χ0n) is 17.1. The third kappa shape index (κ3) is 3.52. The molecule has 6 heteroatoms. The highest BCUT2D eigenvalue weighted by Crippen LogP contribution is 2.52. The Morgan fingerprint density at radius 1 is 1.41 bits per heavy atom. The summed E-state index contributed by atoms with van der Waals surface area (Å²) in [6.07, 6.45) is 4.11. The van der Waals surface area contributed by atoms with Crippen molar-refractivity contribution in [3.63, 3.8) is 0 Å². The van der Waals surface area contributed by atoms with E-state index in [4.69, 9.17) is 4.74 Å². The Hall–Kier alpha value is -1.11. The van der Waals surface area contributed by atoms with Crippen molar-refractivity contribution in [1.29, 1.82) is 0 Å². The van der Waals surface area contributed by atoms with Gasteiger partial charge in [-0.2, -0.15) is 0 Å². The fraction of sp³-hybridized carbons (Fsp3) is 0.762. The van der Waals surface area contributed by atoms with Gasteiger partial charge in [-0.1, -0.05) is 19.9 Å². The van der Waals surface area contributed by atoms with Gasteiger partial charge in [0.05, 0.1) is 6.10 Å². The van der Waals surface area contributed by atoms with E-state index in [0.717, 1.165) is 25.5 Å². The lowest BCUT2D eigenvalue weighted by molar-refractivity contribution is -0.106. The van der Waals surface area contributed by atoms with E-state index in [-0.39, 0.29) is 5.41 Å². The summed E-state index contributed by atoms with van der Waals surface area (Å²) in [7, 11) is 4.15. The average Bonchev–Trinajstić information content (AvgIpc) is 3.32. The van der Waals surface area contributed by atoms with Crippen molar-refractivity contribution in [3.05, 3.63) is 22.4 Å². The lowest BCUT2D eigenvalue weighted by atomic mass is 9.57. The molecule has 5 unspecified atom stereocenters. The van der Waals surface area contributed by atoms with Gasteiger partial charge in [-0.25, -0.2) is 0 Å². The van der Waals surface area contributed by atoms with Crippen LogP contribution in [0.2, 0.25) is 0 Å². The molecule has 2 N–H and O–H groups in total. The molecule has 4 rings (SSSR count). The quantitative estimate of drug-likeness (QED) is 0.613. The molecule has 27 heavy (non-hydrogen) atoms. The minimum atomic E-state index is 0.170. The summed E-state index contributed by atoms with van der Waals surface area (Å²) in [5.74, 6) is 2.17. The van der Waals surface area contributed by atoms with Crippen LogP contribution in [0.3, 0.4) is 0 Å². The number of ether oxygens (including phenoxy) is 1. The van der Waals surface area contributed by atoms with Crippen molar-refractivity contribution in [2.75, 3.05) is 33.8 Å². The maximum atomic E-state index is 5.93. The van der Waals surface area contributed by atoms with Crippen LogP contribution in [0.5, 0.6) is 0 Å². The summed E-state index contributed by atoms with van der Waals surface area (Å²) in [4.78, 5) is 8.53. The van der Waals surface area contributed by atoms with Crippen molar-refractivity contribution in [2.24, 2.45) is 22.2 Å². The van der Waals surface area contributed by atoms with Gasteiger partial charge in [0.25, 0.3) is 0 Å². The second-order valence-corrected chi connectivity index (χ2v) is 9.96. The van der Waals surface area contributed by atoms with Gasteiger partial charge in [-0.15, -0.1) is 11.3 Å².